The molecule has 1 aromatic heterocycles. The van der Waals surface area contributed by atoms with Crippen molar-refractivity contribution in [1.82, 2.24) is 15.0 Å². The summed E-state index contributed by atoms with van der Waals surface area (Å²) in [7, 11) is 0. The Morgan fingerprint density at radius 3 is 2.57 bits per heavy atom. The fourth-order valence-electron chi connectivity index (χ4n) is 1.82. The van der Waals surface area contributed by atoms with Crippen LogP contribution in [0.3, 0.4) is 0 Å². The largest absolute Gasteiger partial charge is 0.368 e. The lowest BCUT2D eigenvalue weighted by Gasteiger charge is -2.11. The van der Waals surface area contributed by atoms with Gasteiger partial charge in [-0.3, -0.25) is 0 Å². The van der Waals surface area contributed by atoms with E-state index in [9.17, 15) is 0 Å². The van der Waals surface area contributed by atoms with Gasteiger partial charge in [0.1, 0.15) is 5.82 Å². The highest BCUT2D eigenvalue weighted by Gasteiger charge is 2.46. The van der Waals surface area contributed by atoms with Crippen molar-refractivity contribution in [3.05, 3.63) is 11.1 Å². The Morgan fingerprint density at radius 2 is 2.07 bits per heavy atom. The maximum Gasteiger partial charge on any atom is 0.227 e. The Labute approximate surface area is 87.9 Å². The van der Waals surface area contributed by atoms with Gasteiger partial charge in [-0.25, -0.2) is 4.98 Å². The lowest BCUT2D eigenvalue weighted by molar-refractivity contribution is 0.567. The van der Waals surface area contributed by atoms with E-state index in [1.165, 1.54) is 0 Å². The molecule has 1 aromatic rings. The van der Waals surface area contributed by atoms with Crippen molar-refractivity contribution in [2.45, 2.75) is 38.0 Å². The van der Waals surface area contributed by atoms with Gasteiger partial charge in [0.25, 0.3) is 0 Å². The summed E-state index contributed by atoms with van der Waals surface area (Å²) in [5, 5.41) is 0.204. The number of hydrogen-bond donors (Lipinski definition) is 1. The minimum Gasteiger partial charge on any atom is -0.368 e. The molecule has 1 aliphatic rings. The van der Waals surface area contributed by atoms with Gasteiger partial charge in [0, 0.05) is 5.41 Å². The molecular weight excluding hydrogens is 200 g/mol. The van der Waals surface area contributed by atoms with Crippen LogP contribution in [-0.2, 0) is 5.41 Å². The summed E-state index contributed by atoms with van der Waals surface area (Å²) in [5.74, 6) is 0.999. The van der Waals surface area contributed by atoms with E-state index in [2.05, 4.69) is 21.9 Å². The predicted octanol–water partition coefficient (Wildman–Crippen LogP) is 1.94. The third kappa shape index (κ3) is 1.66. The lowest BCUT2D eigenvalue weighted by Crippen LogP contribution is -2.13. The van der Waals surface area contributed by atoms with Gasteiger partial charge in [-0.2, -0.15) is 9.97 Å². The van der Waals surface area contributed by atoms with Gasteiger partial charge in [-0.15, -0.1) is 0 Å². The van der Waals surface area contributed by atoms with Crippen LogP contribution in [-0.4, -0.2) is 15.0 Å². The van der Waals surface area contributed by atoms with E-state index in [1.54, 1.807) is 0 Å². The number of rotatable bonds is 3. The van der Waals surface area contributed by atoms with Crippen molar-refractivity contribution in [2.75, 3.05) is 5.73 Å². The highest BCUT2D eigenvalue weighted by atomic mass is 35.5. The summed E-state index contributed by atoms with van der Waals surface area (Å²) in [5.41, 5.74) is 5.68. The first-order valence-corrected chi connectivity index (χ1v) is 5.22. The van der Waals surface area contributed by atoms with Crippen molar-refractivity contribution in [1.29, 1.82) is 0 Å². The molecule has 2 N–H and O–H groups in total. The molecule has 0 spiro atoms. The number of hydrogen-bond acceptors (Lipinski definition) is 4. The van der Waals surface area contributed by atoms with E-state index in [4.69, 9.17) is 17.3 Å². The van der Waals surface area contributed by atoms with Gasteiger partial charge in [0.2, 0.25) is 11.2 Å². The van der Waals surface area contributed by atoms with E-state index in [-0.39, 0.29) is 16.6 Å². The molecule has 0 saturated heterocycles. The molecule has 0 aliphatic heterocycles. The lowest BCUT2D eigenvalue weighted by atomic mass is 10.00. The van der Waals surface area contributed by atoms with E-state index in [0.717, 1.165) is 31.5 Å². The second kappa shape index (κ2) is 3.35. The minimum absolute atomic E-state index is 0.148. The van der Waals surface area contributed by atoms with E-state index >= 15 is 0 Å². The highest BCUT2D eigenvalue weighted by molar-refractivity contribution is 6.28. The molecule has 2 rings (SSSR count). The molecule has 76 valence electrons. The first kappa shape index (κ1) is 9.65. The molecule has 1 heterocycles. The Kier molecular flexibility index (Phi) is 2.31. The normalized spacial score (nSPS) is 18.1. The molecule has 4 nitrogen and oxygen atoms in total. The van der Waals surface area contributed by atoms with Crippen molar-refractivity contribution in [3.8, 4) is 0 Å². The molecular formula is C9H13ClN4. The second-order valence-electron chi connectivity index (χ2n) is 3.82. The van der Waals surface area contributed by atoms with Gasteiger partial charge in [0.15, 0.2) is 0 Å². The number of nitrogens with two attached hydrogens (primary N) is 1. The van der Waals surface area contributed by atoms with Crippen LogP contribution in [0.1, 0.15) is 38.4 Å². The van der Waals surface area contributed by atoms with Crippen LogP contribution in [0.5, 0.6) is 0 Å². The fraction of sp³-hybridized carbons (Fsp3) is 0.667. The molecule has 0 radical (unpaired) electrons. The van der Waals surface area contributed by atoms with Gasteiger partial charge < -0.3 is 5.73 Å². The molecule has 1 fully saturated rings. The first-order chi connectivity index (χ1) is 6.66. The third-order valence-corrected chi connectivity index (χ3v) is 2.85. The van der Waals surface area contributed by atoms with Crippen LogP contribution in [0.4, 0.5) is 5.95 Å². The van der Waals surface area contributed by atoms with Crippen LogP contribution >= 0.6 is 11.6 Å². The van der Waals surface area contributed by atoms with Gasteiger partial charge >= 0.3 is 0 Å². The zero-order chi connectivity index (χ0) is 10.2. The summed E-state index contributed by atoms with van der Waals surface area (Å²) in [4.78, 5) is 12.1. The Bertz CT molecular complexity index is 328. The molecule has 1 saturated carbocycles. The van der Waals surface area contributed by atoms with Crippen LogP contribution in [0.2, 0.25) is 5.28 Å². The van der Waals surface area contributed by atoms with Crippen LogP contribution in [0.15, 0.2) is 0 Å². The monoisotopic (exact) mass is 212 g/mol. The van der Waals surface area contributed by atoms with Crippen LogP contribution < -0.4 is 5.73 Å². The van der Waals surface area contributed by atoms with Crippen LogP contribution in [0.25, 0.3) is 0 Å². The number of nitrogens with zero attached hydrogens (tertiary/aromatic N) is 3. The summed E-state index contributed by atoms with van der Waals surface area (Å²) in [6.07, 6.45) is 4.51. The number of halogens is 1. The van der Waals surface area contributed by atoms with Gasteiger partial charge in [-0.1, -0.05) is 13.3 Å². The standard InChI is InChI=1S/C9H13ClN4/c1-2-3-9(4-5-9)6-12-7(10)14-8(11)13-6/h2-5H2,1H3,(H2,11,12,13,14). The number of nitrogen functional groups attached to an aromatic ring is 1. The molecule has 0 amide bonds. The van der Waals surface area contributed by atoms with Crippen LogP contribution in [0, 0.1) is 0 Å². The van der Waals surface area contributed by atoms with Crippen molar-refractivity contribution < 1.29 is 0 Å². The molecule has 14 heavy (non-hydrogen) atoms. The second-order valence-corrected chi connectivity index (χ2v) is 4.15. The maximum absolute atomic E-state index is 5.74. The fourth-order valence-corrected chi connectivity index (χ4v) is 1.98. The molecule has 0 aromatic carbocycles. The number of anilines is 1. The van der Waals surface area contributed by atoms with E-state index in [1.807, 2.05) is 0 Å². The molecule has 0 bridgehead atoms. The summed E-state index contributed by atoms with van der Waals surface area (Å²) in [6, 6.07) is 0. The smallest absolute Gasteiger partial charge is 0.227 e. The quantitative estimate of drug-likeness (QED) is 0.832. The van der Waals surface area contributed by atoms with Crippen molar-refractivity contribution in [3.63, 3.8) is 0 Å². The molecule has 5 heteroatoms. The highest BCUT2D eigenvalue weighted by Crippen LogP contribution is 2.50. The minimum atomic E-state index is 0.148. The summed E-state index contributed by atoms with van der Waals surface area (Å²) >= 11 is 5.74. The van der Waals surface area contributed by atoms with E-state index < -0.39 is 0 Å². The Balaban J connectivity index is 2.32. The zero-order valence-corrected chi connectivity index (χ0v) is 8.88. The van der Waals surface area contributed by atoms with Gasteiger partial charge in [0.05, 0.1) is 0 Å². The topological polar surface area (TPSA) is 64.7 Å². The third-order valence-electron chi connectivity index (χ3n) is 2.68. The Hall–Kier alpha value is -0.900. The number of aromatic nitrogens is 3. The maximum atomic E-state index is 5.74. The Morgan fingerprint density at radius 1 is 1.36 bits per heavy atom. The van der Waals surface area contributed by atoms with E-state index in [0.29, 0.717) is 0 Å². The first-order valence-electron chi connectivity index (χ1n) is 4.84. The average molecular weight is 213 g/mol. The zero-order valence-electron chi connectivity index (χ0n) is 8.13. The summed E-state index contributed by atoms with van der Waals surface area (Å²) < 4.78 is 0. The average Bonchev–Trinajstić information content (AvgIpc) is 2.84. The molecule has 0 atom stereocenters. The predicted molar refractivity (Wildman–Crippen MR) is 55.1 cm³/mol. The van der Waals surface area contributed by atoms with Gasteiger partial charge in [-0.05, 0) is 30.9 Å². The summed E-state index contributed by atoms with van der Waals surface area (Å²) in [6.45, 7) is 2.16. The van der Waals surface area contributed by atoms with Crippen molar-refractivity contribution >= 4 is 17.5 Å². The SMILES string of the molecule is CCCC1(c2nc(N)nc(Cl)n2)CC1. The van der Waals surface area contributed by atoms with Crippen molar-refractivity contribution in [2.24, 2.45) is 0 Å². The molecule has 1 aliphatic carbocycles. The molecule has 0 unspecified atom stereocenters.